The van der Waals surface area contributed by atoms with E-state index in [1.807, 2.05) is 13.0 Å². The first kappa shape index (κ1) is 14.2. The molecule has 0 unspecified atom stereocenters. The average Bonchev–Trinajstić information content (AvgIpc) is 2.58. The Morgan fingerprint density at radius 3 is 2.71 bits per heavy atom. The minimum absolute atomic E-state index is 0.0668. The van der Waals surface area contributed by atoms with Crippen molar-refractivity contribution in [3.8, 4) is 0 Å². The number of carbonyl (C=O) groups is 2. The summed E-state index contributed by atoms with van der Waals surface area (Å²) in [7, 11) is 0. The van der Waals surface area contributed by atoms with E-state index in [0.717, 1.165) is 15.8 Å². The fraction of sp³-hybridized carbons (Fsp3) is 0.455. The van der Waals surface area contributed by atoms with E-state index in [0.29, 0.717) is 24.3 Å². The topological polar surface area (TPSA) is 72.2 Å². The van der Waals surface area contributed by atoms with Crippen molar-refractivity contribution in [3.05, 3.63) is 20.3 Å². The number of halogens is 1. The number of unbranched alkanes of at least 4 members (excludes halogenated alkanes) is 1. The predicted molar refractivity (Wildman–Crippen MR) is 72.1 cm³/mol. The molecule has 4 nitrogen and oxygen atoms in total. The number of primary amides is 1. The van der Waals surface area contributed by atoms with Crippen LogP contribution in [0.15, 0.2) is 9.85 Å². The number of nitrogens with one attached hydrogen (secondary N) is 1. The highest BCUT2D eigenvalue weighted by Crippen LogP contribution is 2.27. The van der Waals surface area contributed by atoms with E-state index in [2.05, 4.69) is 21.2 Å². The van der Waals surface area contributed by atoms with Gasteiger partial charge < -0.3 is 11.1 Å². The molecular formula is C11H15BrN2O2S. The summed E-state index contributed by atoms with van der Waals surface area (Å²) >= 11 is 4.80. The molecule has 1 aromatic heterocycles. The van der Waals surface area contributed by atoms with Crippen LogP contribution in [0, 0.1) is 6.92 Å². The molecule has 0 spiro atoms. The quantitative estimate of drug-likeness (QED) is 0.789. The molecule has 94 valence electrons. The first-order valence-corrected chi connectivity index (χ1v) is 6.94. The summed E-state index contributed by atoms with van der Waals surface area (Å²) in [6.45, 7) is 2.52. The molecule has 0 atom stereocenters. The van der Waals surface area contributed by atoms with Crippen LogP contribution in [-0.4, -0.2) is 18.4 Å². The smallest absolute Gasteiger partial charge is 0.261 e. The van der Waals surface area contributed by atoms with Crippen molar-refractivity contribution in [2.75, 3.05) is 6.54 Å². The van der Waals surface area contributed by atoms with Gasteiger partial charge in [-0.05, 0) is 47.3 Å². The summed E-state index contributed by atoms with van der Waals surface area (Å²) < 4.78 is 0.983. The van der Waals surface area contributed by atoms with Gasteiger partial charge in [-0.1, -0.05) is 0 Å². The zero-order valence-electron chi connectivity index (χ0n) is 9.59. The Balaban J connectivity index is 2.28. The lowest BCUT2D eigenvalue weighted by atomic mass is 10.2. The molecule has 0 saturated heterocycles. The Kier molecular flexibility index (Phi) is 5.64. The zero-order valence-corrected chi connectivity index (χ0v) is 12.0. The highest BCUT2D eigenvalue weighted by atomic mass is 79.9. The summed E-state index contributed by atoms with van der Waals surface area (Å²) in [4.78, 5) is 22.9. The van der Waals surface area contributed by atoms with E-state index in [1.54, 1.807) is 0 Å². The Bertz CT molecular complexity index is 398. The van der Waals surface area contributed by atoms with Crippen LogP contribution >= 0.6 is 27.3 Å². The van der Waals surface area contributed by atoms with Gasteiger partial charge in [0.05, 0.1) is 8.66 Å². The van der Waals surface area contributed by atoms with E-state index in [4.69, 9.17) is 5.73 Å². The molecular weight excluding hydrogens is 304 g/mol. The first-order valence-electron chi connectivity index (χ1n) is 5.33. The fourth-order valence-corrected chi connectivity index (χ4v) is 2.74. The lowest BCUT2D eigenvalue weighted by Crippen LogP contribution is -2.23. The van der Waals surface area contributed by atoms with E-state index in [-0.39, 0.29) is 11.8 Å². The third-order valence-electron chi connectivity index (χ3n) is 2.22. The molecule has 1 aromatic rings. The van der Waals surface area contributed by atoms with Gasteiger partial charge in [-0.2, -0.15) is 0 Å². The normalized spacial score (nSPS) is 10.2. The molecule has 0 saturated carbocycles. The van der Waals surface area contributed by atoms with Gasteiger partial charge >= 0.3 is 0 Å². The standard InChI is InChI=1S/C11H15BrN2O2S/c1-7-6-8(17-10(7)12)11(16)14-5-3-2-4-9(13)15/h6H,2-5H2,1H3,(H2,13,15)(H,14,16). The lowest BCUT2D eigenvalue weighted by molar-refractivity contribution is -0.118. The lowest BCUT2D eigenvalue weighted by Gasteiger charge is -2.02. The van der Waals surface area contributed by atoms with Gasteiger partial charge in [0.1, 0.15) is 0 Å². The van der Waals surface area contributed by atoms with Crippen LogP contribution in [0.3, 0.4) is 0 Å². The highest BCUT2D eigenvalue weighted by molar-refractivity contribution is 9.11. The van der Waals surface area contributed by atoms with Crippen molar-refractivity contribution in [2.24, 2.45) is 5.73 Å². The van der Waals surface area contributed by atoms with E-state index < -0.39 is 0 Å². The molecule has 2 amide bonds. The molecule has 0 radical (unpaired) electrons. The van der Waals surface area contributed by atoms with Gasteiger partial charge in [-0.15, -0.1) is 11.3 Å². The second-order valence-electron chi connectivity index (χ2n) is 3.75. The second-order valence-corrected chi connectivity index (χ2v) is 6.12. The van der Waals surface area contributed by atoms with Crippen LogP contribution in [-0.2, 0) is 4.79 Å². The Morgan fingerprint density at radius 1 is 1.47 bits per heavy atom. The molecule has 1 heterocycles. The van der Waals surface area contributed by atoms with Crippen LogP contribution in [0.25, 0.3) is 0 Å². The molecule has 0 aliphatic carbocycles. The zero-order chi connectivity index (χ0) is 12.8. The monoisotopic (exact) mass is 318 g/mol. The van der Waals surface area contributed by atoms with Gasteiger partial charge in [0.15, 0.2) is 0 Å². The number of hydrogen-bond donors (Lipinski definition) is 2. The van der Waals surface area contributed by atoms with Gasteiger partial charge in [-0.3, -0.25) is 9.59 Å². The summed E-state index contributed by atoms with van der Waals surface area (Å²) in [5.41, 5.74) is 6.08. The van der Waals surface area contributed by atoms with Crippen LogP contribution in [0.1, 0.15) is 34.5 Å². The molecule has 0 aromatic carbocycles. The van der Waals surface area contributed by atoms with Gasteiger partial charge in [-0.25, -0.2) is 0 Å². The summed E-state index contributed by atoms with van der Waals surface area (Å²) in [6.07, 6.45) is 1.85. The molecule has 3 N–H and O–H groups in total. The first-order chi connectivity index (χ1) is 8.00. The van der Waals surface area contributed by atoms with Crippen molar-refractivity contribution >= 4 is 39.1 Å². The Morgan fingerprint density at radius 2 is 2.18 bits per heavy atom. The SMILES string of the molecule is Cc1cc(C(=O)NCCCCC(N)=O)sc1Br. The van der Waals surface area contributed by atoms with E-state index in [1.165, 1.54) is 11.3 Å². The van der Waals surface area contributed by atoms with E-state index >= 15 is 0 Å². The molecule has 6 heteroatoms. The van der Waals surface area contributed by atoms with Crippen LogP contribution in [0.2, 0.25) is 0 Å². The minimum atomic E-state index is -0.297. The van der Waals surface area contributed by atoms with Gasteiger partial charge in [0, 0.05) is 13.0 Å². The van der Waals surface area contributed by atoms with Crippen LogP contribution in [0.4, 0.5) is 0 Å². The number of amides is 2. The fourth-order valence-electron chi connectivity index (χ4n) is 1.29. The van der Waals surface area contributed by atoms with Crippen LogP contribution < -0.4 is 11.1 Å². The van der Waals surface area contributed by atoms with Crippen molar-refractivity contribution in [1.82, 2.24) is 5.32 Å². The number of hydrogen-bond acceptors (Lipinski definition) is 3. The summed E-state index contributed by atoms with van der Waals surface area (Å²) in [5, 5.41) is 2.81. The largest absolute Gasteiger partial charge is 0.370 e. The van der Waals surface area contributed by atoms with Crippen molar-refractivity contribution < 1.29 is 9.59 Å². The maximum atomic E-state index is 11.7. The van der Waals surface area contributed by atoms with Crippen molar-refractivity contribution in [3.63, 3.8) is 0 Å². The Hall–Kier alpha value is -0.880. The minimum Gasteiger partial charge on any atom is -0.370 e. The molecule has 0 fully saturated rings. The highest BCUT2D eigenvalue weighted by Gasteiger charge is 2.10. The molecule has 1 rings (SSSR count). The Labute approximate surface area is 113 Å². The number of rotatable bonds is 6. The number of nitrogens with two attached hydrogens (primary N) is 1. The molecule has 0 aliphatic rings. The number of aryl methyl sites for hydroxylation is 1. The van der Waals surface area contributed by atoms with Crippen molar-refractivity contribution in [2.45, 2.75) is 26.2 Å². The van der Waals surface area contributed by atoms with Crippen LogP contribution in [0.5, 0.6) is 0 Å². The third kappa shape index (κ3) is 4.87. The van der Waals surface area contributed by atoms with Crippen molar-refractivity contribution in [1.29, 1.82) is 0 Å². The molecule has 0 bridgehead atoms. The summed E-state index contributed by atoms with van der Waals surface area (Å²) in [6, 6.07) is 1.85. The number of thiophene rings is 1. The van der Waals surface area contributed by atoms with Gasteiger partial charge in [0.25, 0.3) is 5.91 Å². The predicted octanol–water partition coefficient (Wildman–Crippen LogP) is 2.20. The van der Waals surface area contributed by atoms with Gasteiger partial charge in [0.2, 0.25) is 5.91 Å². The maximum Gasteiger partial charge on any atom is 0.261 e. The maximum absolute atomic E-state index is 11.7. The molecule has 17 heavy (non-hydrogen) atoms. The third-order valence-corrected chi connectivity index (χ3v) is 4.35. The second kappa shape index (κ2) is 6.76. The number of carbonyl (C=O) groups excluding carboxylic acids is 2. The average molecular weight is 319 g/mol. The van der Waals surface area contributed by atoms with E-state index in [9.17, 15) is 9.59 Å². The summed E-state index contributed by atoms with van der Waals surface area (Å²) in [5.74, 6) is -0.364. The molecule has 0 aliphatic heterocycles.